The largest absolute Gasteiger partial charge is 0.466 e. The van der Waals surface area contributed by atoms with E-state index in [0.29, 0.717) is 26.1 Å². The minimum absolute atomic E-state index is 0.179. The molecule has 0 fully saturated rings. The first kappa shape index (κ1) is 11.7. The number of nitrogens with zero attached hydrogens (tertiary/aromatic N) is 1. The van der Waals surface area contributed by atoms with Crippen LogP contribution in [0, 0.1) is 6.92 Å². The summed E-state index contributed by atoms with van der Waals surface area (Å²) in [7, 11) is 0. The van der Waals surface area contributed by atoms with Crippen LogP contribution in [-0.2, 0) is 16.1 Å². The van der Waals surface area contributed by atoms with Gasteiger partial charge in [0.1, 0.15) is 5.76 Å². The van der Waals surface area contributed by atoms with Crippen molar-refractivity contribution in [3.63, 3.8) is 0 Å². The monoisotopic (exact) mass is 212 g/mol. The van der Waals surface area contributed by atoms with Gasteiger partial charge < -0.3 is 14.5 Å². The van der Waals surface area contributed by atoms with Crippen LogP contribution in [-0.4, -0.2) is 24.1 Å². The summed E-state index contributed by atoms with van der Waals surface area (Å²) in [5.74, 6) is 0.625. The van der Waals surface area contributed by atoms with Crippen LogP contribution in [0.4, 0.5) is 0 Å². The molecule has 0 amide bonds. The smallest absolute Gasteiger partial charge is 0.307 e. The van der Waals surface area contributed by atoms with Gasteiger partial charge in [0.05, 0.1) is 18.7 Å². The highest BCUT2D eigenvalue weighted by molar-refractivity contribution is 5.69. The van der Waals surface area contributed by atoms with Crippen molar-refractivity contribution >= 4 is 5.97 Å². The van der Waals surface area contributed by atoms with Gasteiger partial charge in [-0.25, -0.2) is 4.98 Å². The molecule has 0 spiro atoms. The first-order valence-corrected chi connectivity index (χ1v) is 4.99. The average Bonchev–Trinajstić information content (AvgIpc) is 2.60. The van der Waals surface area contributed by atoms with Crippen LogP contribution >= 0.6 is 0 Å². The second-order valence-electron chi connectivity index (χ2n) is 3.09. The van der Waals surface area contributed by atoms with E-state index in [0.717, 1.165) is 11.5 Å². The van der Waals surface area contributed by atoms with Crippen molar-refractivity contribution in [2.24, 2.45) is 0 Å². The third kappa shape index (κ3) is 4.12. The Kier molecular flexibility index (Phi) is 4.83. The number of hydrogen-bond donors (Lipinski definition) is 1. The number of carbonyl (C=O) groups is 1. The van der Waals surface area contributed by atoms with Gasteiger partial charge in [0.2, 0.25) is 0 Å². The zero-order valence-corrected chi connectivity index (χ0v) is 9.08. The molecule has 0 atom stereocenters. The average molecular weight is 212 g/mol. The fraction of sp³-hybridized carbons (Fsp3) is 0.600. The molecule has 0 radical (unpaired) electrons. The maximum absolute atomic E-state index is 11.0. The number of carbonyl (C=O) groups excluding carboxylic acids is 1. The molecule has 1 rings (SSSR count). The van der Waals surface area contributed by atoms with Crippen LogP contribution in [0.2, 0.25) is 0 Å². The molecule has 0 unspecified atom stereocenters. The van der Waals surface area contributed by atoms with Gasteiger partial charge in [0.15, 0.2) is 6.39 Å². The fourth-order valence-electron chi connectivity index (χ4n) is 1.13. The number of ether oxygens (including phenoxy) is 1. The molecule has 5 heteroatoms. The lowest BCUT2D eigenvalue weighted by Gasteiger charge is -2.03. The quantitative estimate of drug-likeness (QED) is 0.563. The molecule has 0 bridgehead atoms. The zero-order chi connectivity index (χ0) is 11.1. The summed E-state index contributed by atoms with van der Waals surface area (Å²) in [6.07, 6.45) is 1.79. The van der Waals surface area contributed by atoms with E-state index in [1.807, 2.05) is 6.92 Å². The van der Waals surface area contributed by atoms with Gasteiger partial charge in [-0.15, -0.1) is 0 Å². The summed E-state index contributed by atoms with van der Waals surface area (Å²) in [5, 5.41) is 3.09. The van der Waals surface area contributed by atoms with E-state index in [1.54, 1.807) is 6.92 Å². The van der Waals surface area contributed by atoms with E-state index >= 15 is 0 Å². The maximum atomic E-state index is 11.0. The van der Waals surface area contributed by atoms with Gasteiger partial charge in [-0.2, -0.15) is 0 Å². The molecule has 0 aliphatic heterocycles. The molecule has 0 saturated heterocycles. The van der Waals surface area contributed by atoms with Crippen LogP contribution < -0.4 is 5.32 Å². The van der Waals surface area contributed by atoms with Crippen molar-refractivity contribution in [3.05, 3.63) is 17.8 Å². The number of hydrogen-bond acceptors (Lipinski definition) is 5. The van der Waals surface area contributed by atoms with Crippen LogP contribution in [0.25, 0.3) is 0 Å². The summed E-state index contributed by atoms with van der Waals surface area (Å²) in [6.45, 7) is 5.29. The van der Waals surface area contributed by atoms with Crippen molar-refractivity contribution in [1.29, 1.82) is 0 Å². The van der Waals surface area contributed by atoms with Gasteiger partial charge in [-0.3, -0.25) is 4.79 Å². The minimum Gasteiger partial charge on any atom is -0.466 e. The molecule has 0 aliphatic carbocycles. The highest BCUT2D eigenvalue weighted by atomic mass is 16.5. The van der Waals surface area contributed by atoms with Crippen LogP contribution in [0.5, 0.6) is 0 Å². The first-order chi connectivity index (χ1) is 7.24. The molecule has 1 heterocycles. The molecule has 15 heavy (non-hydrogen) atoms. The van der Waals surface area contributed by atoms with Crippen LogP contribution in [0.3, 0.4) is 0 Å². The Balaban J connectivity index is 2.12. The number of esters is 1. The maximum Gasteiger partial charge on any atom is 0.307 e. The highest BCUT2D eigenvalue weighted by Crippen LogP contribution is 2.03. The molecule has 5 nitrogen and oxygen atoms in total. The fourth-order valence-corrected chi connectivity index (χ4v) is 1.13. The van der Waals surface area contributed by atoms with Crippen LogP contribution in [0.15, 0.2) is 10.8 Å². The Hall–Kier alpha value is -1.36. The van der Waals surface area contributed by atoms with E-state index < -0.39 is 0 Å². The molecule has 0 aliphatic rings. The molecule has 1 aromatic heterocycles. The predicted octanol–water partition coefficient (Wildman–Crippen LogP) is 1.03. The number of nitrogens with one attached hydrogen (secondary N) is 1. The van der Waals surface area contributed by atoms with Gasteiger partial charge in [0, 0.05) is 13.1 Å². The normalized spacial score (nSPS) is 10.3. The van der Waals surface area contributed by atoms with Gasteiger partial charge in [-0.1, -0.05) is 0 Å². The van der Waals surface area contributed by atoms with Gasteiger partial charge in [0.25, 0.3) is 0 Å². The number of oxazole rings is 1. The number of aryl methyl sites for hydroxylation is 1. The van der Waals surface area contributed by atoms with E-state index in [-0.39, 0.29) is 5.97 Å². The Morgan fingerprint density at radius 1 is 1.67 bits per heavy atom. The van der Waals surface area contributed by atoms with Crippen molar-refractivity contribution in [1.82, 2.24) is 10.3 Å². The van der Waals surface area contributed by atoms with Gasteiger partial charge >= 0.3 is 5.97 Å². The molecule has 84 valence electrons. The Morgan fingerprint density at radius 3 is 3.07 bits per heavy atom. The van der Waals surface area contributed by atoms with Crippen molar-refractivity contribution in [3.8, 4) is 0 Å². The highest BCUT2D eigenvalue weighted by Gasteiger charge is 2.03. The second kappa shape index (κ2) is 6.19. The number of rotatable bonds is 6. The summed E-state index contributed by atoms with van der Waals surface area (Å²) >= 11 is 0. The predicted molar refractivity (Wildman–Crippen MR) is 54.2 cm³/mol. The van der Waals surface area contributed by atoms with E-state index in [2.05, 4.69) is 10.3 Å². The lowest BCUT2D eigenvalue weighted by molar-refractivity contribution is -0.142. The topological polar surface area (TPSA) is 64.4 Å². The molecular formula is C10H16N2O3. The summed E-state index contributed by atoms with van der Waals surface area (Å²) in [6, 6.07) is 0. The minimum atomic E-state index is -0.179. The number of aromatic nitrogens is 1. The van der Waals surface area contributed by atoms with E-state index in [9.17, 15) is 4.79 Å². The molecule has 0 aromatic carbocycles. The van der Waals surface area contributed by atoms with Crippen molar-refractivity contribution < 1.29 is 13.9 Å². The lowest BCUT2D eigenvalue weighted by atomic mass is 10.3. The van der Waals surface area contributed by atoms with E-state index in [4.69, 9.17) is 9.15 Å². The Bertz CT molecular complexity index is 309. The first-order valence-electron chi connectivity index (χ1n) is 4.99. The van der Waals surface area contributed by atoms with Crippen molar-refractivity contribution in [2.75, 3.05) is 13.2 Å². The summed E-state index contributed by atoms with van der Waals surface area (Å²) < 4.78 is 9.83. The third-order valence-electron chi connectivity index (χ3n) is 1.95. The lowest BCUT2D eigenvalue weighted by Crippen LogP contribution is -2.19. The van der Waals surface area contributed by atoms with Crippen molar-refractivity contribution in [2.45, 2.75) is 26.8 Å². The Morgan fingerprint density at radius 2 is 2.47 bits per heavy atom. The molecule has 1 N–H and O–H groups in total. The standard InChI is InChI=1S/C10H16N2O3/c1-3-14-10(13)4-5-11-6-9-8(2)15-7-12-9/h7,11H,3-6H2,1-2H3. The molecule has 1 aromatic rings. The van der Waals surface area contributed by atoms with Gasteiger partial charge in [-0.05, 0) is 13.8 Å². The molecular weight excluding hydrogens is 196 g/mol. The van der Waals surface area contributed by atoms with Crippen LogP contribution in [0.1, 0.15) is 24.8 Å². The summed E-state index contributed by atoms with van der Waals surface area (Å²) in [5.41, 5.74) is 0.874. The summed E-state index contributed by atoms with van der Waals surface area (Å²) in [4.78, 5) is 15.0. The Labute approximate surface area is 88.8 Å². The third-order valence-corrected chi connectivity index (χ3v) is 1.95. The second-order valence-corrected chi connectivity index (χ2v) is 3.09. The molecule has 0 saturated carbocycles. The SMILES string of the molecule is CCOC(=O)CCNCc1ncoc1C. The van der Waals surface area contributed by atoms with E-state index in [1.165, 1.54) is 6.39 Å². The zero-order valence-electron chi connectivity index (χ0n) is 9.08.